The van der Waals surface area contributed by atoms with Crippen molar-refractivity contribution in [2.75, 3.05) is 0 Å². The summed E-state index contributed by atoms with van der Waals surface area (Å²) in [6, 6.07) is 16.7. The number of rotatable bonds is 1. The van der Waals surface area contributed by atoms with Crippen LogP contribution in [0.4, 0.5) is 0 Å². The third-order valence-corrected chi connectivity index (χ3v) is 5.12. The van der Waals surface area contributed by atoms with E-state index in [0.717, 1.165) is 0 Å². The lowest BCUT2D eigenvalue weighted by molar-refractivity contribution is -0.150. The maximum Gasteiger partial charge on any atom is 0.310 e. The first-order chi connectivity index (χ1) is 9.63. The number of carboxylic acids is 1. The molecule has 3 aliphatic rings. The number of benzene rings is 2. The molecule has 2 bridgehead atoms. The highest BCUT2D eigenvalue weighted by Gasteiger charge is 2.53. The van der Waals surface area contributed by atoms with Crippen molar-refractivity contribution in [3.8, 4) is 0 Å². The summed E-state index contributed by atoms with van der Waals surface area (Å²) >= 11 is 0. The molecule has 1 N–H and O–H groups in total. The van der Waals surface area contributed by atoms with E-state index in [1.54, 1.807) is 0 Å². The van der Waals surface area contributed by atoms with Crippen LogP contribution in [0.5, 0.6) is 0 Å². The van der Waals surface area contributed by atoms with E-state index in [2.05, 4.69) is 36.4 Å². The Morgan fingerprint density at radius 2 is 1.45 bits per heavy atom. The molecule has 100 valence electrons. The Kier molecular flexibility index (Phi) is 2.18. The van der Waals surface area contributed by atoms with E-state index in [4.69, 9.17) is 0 Å². The van der Waals surface area contributed by atoms with Crippen LogP contribution in [0.2, 0.25) is 0 Å². The van der Waals surface area contributed by atoms with E-state index in [-0.39, 0.29) is 11.8 Å². The topological polar surface area (TPSA) is 37.3 Å². The molecule has 2 aromatic rings. The van der Waals surface area contributed by atoms with Crippen LogP contribution in [-0.4, -0.2) is 11.1 Å². The SMILES string of the molecule is CC1(C(=O)O)CC2c3ccccc3C1c1ccccc12. The quantitative estimate of drug-likeness (QED) is 0.851. The number of carbonyl (C=O) groups is 1. The van der Waals surface area contributed by atoms with Crippen LogP contribution in [0, 0.1) is 5.41 Å². The van der Waals surface area contributed by atoms with Crippen molar-refractivity contribution >= 4 is 5.97 Å². The van der Waals surface area contributed by atoms with Crippen molar-refractivity contribution in [1.29, 1.82) is 0 Å². The lowest BCUT2D eigenvalue weighted by Gasteiger charge is -2.49. The predicted octanol–water partition coefficient (Wildman–Crippen LogP) is 3.76. The lowest BCUT2D eigenvalue weighted by Crippen LogP contribution is -2.44. The summed E-state index contributed by atoms with van der Waals surface area (Å²) in [6.07, 6.45) is 0.695. The Balaban J connectivity index is 2.05. The predicted molar refractivity (Wildman–Crippen MR) is 76.9 cm³/mol. The Hall–Kier alpha value is -2.09. The first kappa shape index (κ1) is 11.7. The van der Waals surface area contributed by atoms with Gasteiger partial charge >= 0.3 is 5.97 Å². The molecule has 0 saturated carbocycles. The molecule has 2 nitrogen and oxygen atoms in total. The van der Waals surface area contributed by atoms with E-state index < -0.39 is 11.4 Å². The Morgan fingerprint density at radius 3 is 1.90 bits per heavy atom. The van der Waals surface area contributed by atoms with Crippen molar-refractivity contribution in [2.45, 2.75) is 25.2 Å². The molecule has 20 heavy (non-hydrogen) atoms. The number of carboxylic acid groups (broad SMARTS) is 1. The molecule has 0 aliphatic heterocycles. The molecule has 0 saturated heterocycles. The fourth-order valence-corrected chi connectivity index (χ4v) is 4.18. The molecule has 2 heteroatoms. The number of hydrogen-bond donors (Lipinski definition) is 1. The van der Waals surface area contributed by atoms with Gasteiger partial charge in [0.05, 0.1) is 5.41 Å². The maximum absolute atomic E-state index is 11.9. The fourth-order valence-electron chi connectivity index (χ4n) is 4.18. The summed E-state index contributed by atoms with van der Waals surface area (Å²) in [4.78, 5) is 11.9. The van der Waals surface area contributed by atoms with Crippen LogP contribution in [0.25, 0.3) is 0 Å². The van der Waals surface area contributed by atoms with Gasteiger partial charge in [-0.25, -0.2) is 0 Å². The second-order valence-electron chi connectivity index (χ2n) is 6.17. The molecule has 0 heterocycles. The van der Waals surface area contributed by atoms with Gasteiger partial charge in [0.2, 0.25) is 0 Å². The Labute approximate surface area is 118 Å². The lowest BCUT2D eigenvalue weighted by atomic mass is 9.53. The second-order valence-corrected chi connectivity index (χ2v) is 6.17. The molecule has 0 amide bonds. The van der Waals surface area contributed by atoms with Crippen LogP contribution in [0.3, 0.4) is 0 Å². The molecule has 5 rings (SSSR count). The van der Waals surface area contributed by atoms with Crippen molar-refractivity contribution in [3.63, 3.8) is 0 Å². The van der Waals surface area contributed by atoms with Crippen LogP contribution in [0.1, 0.15) is 47.4 Å². The van der Waals surface area contributed by atoms with E-state index in [1.165, 1.54) is 22.3 Å². The van der Waals surface area contributed by atoms with Gasteiger partial charge in [-0.1, -0.05) is 48.5 Å². The van der Waals surface area contributed by atoms with Crippen LogP contribution >= 0.6 is 0 Å². The maximum atomic E-state index is 11.9. The van der Waals surface area contributed by atoms with Crippen molar-refractivity contribution < 1.29 is 9.90 Å². The monoisotopic (exact) mass is 264 g/mol. The minimum atomic E-state index is -0.701. The highest BCUT2D eigenvalue weighted by Crippen LogP contribution is 2.60. The van der Waals surface area contributed by atoms with Gasteiger partial charge in [0.1, 0.15) is 0 Å². The normalized spacial score (nSPS) is 29.6. The van der Waals surface area contributed by atoms with E-state index in [0.29, 0.717) is 6.42 Å². The van der Waals surface area contributed by atoms with Crippen molar-refractivity contribution in [1.82, 2.24) is 0 Å². The largest absolute Gasteiger partial charge is 0.481 e. The first-order valence-corrected chi connectivity index (χ1v) is 7.04. The molecule has 2 aromatic carbocycles. The molecule has 3 aliphatic carbocycles. The Morgan fingerprint density at radius 1 is 1.00 bits per heavy atom. The molecule has 0 spiro atoms. The average molecular weight is 264 g/mol. The molecule has 1 unspecified atom stereocenters. The van der Waals surface area contributed by atoms with Crippen LogP contribution in [-0.2, 0) is 4.79 Å². The molecule has 1 atom stereocenters. The van der Waals surface area contributed by atoms with Gasteiger partial charge in [0.15, 0.2) is 0 Å². The van der Waals surface area contributed by atoms with Crippen LogP contribution < -0.4 is 0 Å². The van der Waals surface area contributed by atoms with Gasteiger partial charge in [-0.05, 0) is 35.6 Å². The minimum absolute atomic E-state index is 0.0302. The second kappa shape index (κ2) is 3.72. The van der Waals surface area contributed by atoms with Gasteiger partial charge < -0.3 is 5.11 Å². The summed E-state index contributed by atoms with van der Waals surface area (Å²) in [5.74, 6) is -0.498. The minimum Gasteiger partial charge on any atom is -0.481 e. The van der Waals surface area contributed by atoms with E-state index >= 15 is 0 Å². The average Bonchev–Trinajstić information content (AvgIpc) is 2.47. The zero-order chi connectivity index (χ0) is 13.9. The number of hydrogen-bond acceptors (Lipinski definition) is 1. The smallest absolute Gasteiger partial charge is 0.310 e. The third kappa shape index (κ3) is 1.26. The molecule has 0 radical (unpaired) electrons. The van der Waals surface area contributed by atoms with Gasteiger partial charge in [0, 0.05) is 11.8 Å². The molecular formula is C18H16O2. The van der Waals surface area contributed by atoms with Crippen LogP contribution in [0.15, 0.2) is 48.5 Å². The molecular weight excluding hydrogens is 248 g/mol. The number of aliphatic carboxylic acids is 1. The number of fused-ring (bicyclic) bond motifs is 1. The highest BCUT2D eigenvalue weighted by atomic mass is 16.4. The van der Waals surface area contributed by atoms with E-state index in [1.807, 2.05) is 19.1 Å². The highest BCUT2D eigenvalue weighted by molar-refractivity contribution is 5.80. The summed E-state index contributed by atoms with van der Waals surface area (Å²) in [5, 5.41) is 9.77. The zero-order valence-corrected chi connectivity index (χ0v) is 11.3. The summed E-state index contributed by atoms with van der Waals surface area (Å²) in [7, 11) is 0. The molecule has 0 aromatic heterocycles. The first-order valence-electron chi connectivity index (χ1n) is 7.04. The fraction of sp³-hybridized carbons (Fsp3) is 0.278. The molecule has 0 fully saturated rings. The summed E-state index contributed by atoms with van der Waals surface area (Å²) < 4.78 is 0. The summed E-state index contributed by atoms with van der Waals surface area (Å²) in [6.45, 7) is 1.90. The van der Waals surface area contributed by atoms with Crippen molar-refractivity contribution in [3.05, 3.63) is 70.8 Å². The third-order valence-electron chi connectivity index (χ3n) is 5.12. The Bertz CT molecular complexity index is 671. The van der Waals surface area contributed by atoms with Gasteiger partial charge in [-0.2, -0.15) is 0 Å². The zero-order valence-electron chi connectivity index (χ0n) is 11.3. The van der Waals surface area contributed by atoms with Gasteiger partial charge in [-0.3, -0.25) is 4.79 Å². The van der Waals surface area contributed by atoms with E-state index in [9.17, 15) is 9.90 Å². The van der Waals surface area contributed by atoms with Gasteiger partial charge in [0.25, 0.3) is 0 Å². The van der Waals surface area contributed by atoms with Crippen molar-refractivity contribution in [2.24, 2.45) is 5.41 Å². The van der Waals surface area contributed by atoms with Gasteiger partial charge in [-0.15, -0.1) is 0 Å². The summed E-state index contributed by atoms with van der Waals surface area (Å²) in [5.41, 5.74) is 4.33. The standard InChI is InChI=1S/C18H16O2/c1-18(17(19)20)10-15-11-6-2-4-8-13(11)16(18)14-9-5-3-7-12(14)15/h2-9,15-16H,10H2,1H3,(H,19,20).